The van der Waals surface area contributed by atoms with Crippen LogP contribution in [-0.2, 0) is 6.42 Å². The van der Waals surface area contributed by atoms with Crippen molar-refractivity contribution in [3.05, 3.63) is 71.8 Å². The molecule has 0 atom stereocenters. The van der Waals surface area contributed by atoms with Crippen molar-refractivity contribution in [2.45, 2.75) is 58.1 Å². The van der Waals surface area contributed by atoms with E-state index in [1.807, 2.05) is 19.2 Å². The van der Waals surface area contributed by atoms with Crippen LogP contribution in [0.3, 0.4) is 0 Å². The van der Waals surface area contributed by atoms with Gasteiger partial charge in [0.05, 0.1) is 6.10 Å². The first-order valence-corrected chi connectivity index (χ1v) is 9.66. The highest BCUT2D eigenvalue weighted by Crippen LogP contribution is 2.27. The Morgan fingerprint density at radius 1 is 1.30 bits per heavy atom. The van der Waals surface area contributed by atoms with Crippen molar-refractivity contribution in [2.75, 3.05) is 5.32 Å². The SMILES string of the molecule is C=C(F)/C=C(\C)Cc1cccn1-c1ccc(C)c(NC2CCC(O)CC2)c1. The fourth-order valence-corrected chi connectivity index (χ4v) is 3.77. The molecule has 1 heterocycles. The molecule has 0 amide bonds. The Hall–Kier alpha value is -2.33. The van der Waals surface area contributed by atoms with Crippen molar-refractivity contribution in [3.63, 3.8) is 0 Å². The lowest BCUT2D eigenvalue weighted by Crippen LogP contribution is -2.28. The van der Waals surface area contributed by atoms with Gasteiger partial charge in [-0.15, -0.1) is 0 Å². The van der Waals surface area contributed by atoms with Gasteiger partial charge in [-0.25, -0.2) is 4.39 Å². The minimum Gasteiger partial charge on any atom is -0.393 e. The molecular formula is C23H29FN2O. The van der Waals surface area contributed by atoms with Crippen molar-refractivity contribution in [1.82, 2.24) is 4.57 Å². The van der Waals surface area contributed by atoms with Gasteiger partial charge >= 0.3 is 0 Å². The molecule has 0 bridgehead atoms. The summed E-state index contributed by atoms with van der Waals surface area (Å²) < 4.78 is 15.2. The molecule has 27 heavy (non-hydrogen) atoms. The average molecular weight is 368 g/mol. The Bertz CT molecular complexity index is 829. The summed E-state index contributed by atoms with van der Waals surface area (Å²) in [6, 6.07) is 10.9. The van der Waals surface area contributed by atoms with Gasteiger partial charge < -0.3 is 15.0 Å². The van der Waals surface area contributed by atoms with Crippen LogP contribution in [0.2, 0.25) is 0 Å². The van der Waals surface area contributed by atoms with E-state index < -0.39 is 5.83 Å². The van der Waals surface area contributed by atoms with Crippen LogP contribution in [0, 0.1) is 6.92 Å². The molecule has 0 aliphatic heterocycles. The molecule has 1 aliphatic rings. The summed E-state index contributed by atoms with van der Waals surface area (Å²) in [6.07, 6.45) is 7.78. The number of allylic oxidation sites excluding steroid dienone is 3. The molecule has 2 aromatic rings. The Morgan fingerprint density at radius 2 is 2.04 bits per heavy atom. The first kappa shape index (κ1) is 19.4. The minimum absolute atomic E-state index is 0.144. The van der Waals surface area contributed by atoms with Crippen molar-refractivity contribution in [2.24, 2.45) is 0 Å². The topological polar surface area (TPSA) is 37.2 Å². The summed E-state index contributed by atoms with van der Waals surface area (Å²) >= 11 is 0. The number of aryl methyl sites for hydroxylation is 1. The maximum Gasteiger partial charge on any atom is 0.116 e. The second-order valence-electron chi connectivity index (χ2n) is 7.63. The van der Waals surface area contributed by atoms with E-state index in [2.05, 4.69) is 47.7 Å². The predicted molar refractivity (Wildman–Crippen MR) is 110 cm³/mol. The highest BCUT2D eigenvalue weighted by Gasteiger charge is 2.19. The van der Waals surface area contributed by atoms with Gasteiger partial charge in [0.2, 0.25) is 0 Å². The van der Waals surface area contributed by atoms with Gasteiger partial charge in [0, 0.05) is 35.7 Å². The number of halogens is 1. The Morgan fingerprint density at radius 3 is 2.74 bits per heavy atom. The monoisotopic (exact) mass is 368 g/mol. The molecule has 0 radical (unpaired) electrons. The lowest BCUT2D eigenvalue weighted by Gasteiger charge is -2.28. The van der Waals surface area contributed by atoms with Crippen molar-refractivity contribution in [3.8, 4) is 5.69 Å². The smallest absolute Gasteiger partial charge is 0.116 e. The third kappa shape index (κ3) is 5.10. The molecule has 144 valence electrons. The number of rotatable bonds is 6. The molecule has 2 N–H and O–H groups in total. The Balaban J connectivity index is 1.80. The zero-order chi connectivity index (χ0) is 19.4. The third-order valence-electron chi connectivity index (χ3n) is 5.25. The molecule has 1 saturated carbocycles. The van der Waals surface area contributed by atoms with Gasteiger partial charge in [-0.1, -0.05) is 18.2 Å². The summed E-state index contributed by atoms with van der Waals surface area (Å²) in [4.78, 5) is 0. The number of benzene rings is 1. The van der Waals surface area contributed by atoms with E-state index in [4.69, 9.17) is 0 Å². The summed E-state index contributed by atoms with van der Waals surface area (Å²) in [5, 5.41) is 13.4. The van der Waals surface area contributed by atoms with Crippen LogP contribution >= 0.6 is 0 Å². The van der Waals surface area contributed by atoms with Crippen LogP contribution in [0.1, 0.15) is 43.9 Å². The number of aromatic nitrogens is 1. The first-order valence-electron chi connectivity index (χ1n) is 9.66. The van der Waals surface area contributed by atoms with Gasteiger partial charge in [-0.3, -0.25) is 0 Å². The van der Waals surface area contributed by atoms with Crippen molar-refractivity contribution < 1.29 is 9.50 Å². The van der Waals surface area contributed by atoms with Crippen LogP contribution in [0.5, 0.6) is 0 Å². The van der Waals surface area contributed by atoms with Crippen LogP contribution < -0.4 is 5.32 Å². The fourth-order valence-electron chi connectivity index (χ4n) is 3.77. The van der Waals surface area contributed by atoms with Crippen LogP contribution in [0.15, 0.2) is 60.6 Å². The van der Waals surface area contributed by atoms with Crippen LogP contribution in [-0.4, -0.2) is 21.8 Å². The number of hydrogen-bond donors (Lipinski definition) is 2. The number of nitrogens with zero attached hydrogens (tertiary/aromatic N) is 1. The third-order valence-corrected chi connectivity index (χ3v) is 5.25. The van der Waals surface area contributed by atoms with E-state index in [9.17, 15) is 9.50 Å². The largest absolute Gasteiger partial charge is 0.393 e. The molecular weight excluding hydrogens is 339 g/mol. The number of aliphatic hydroxyl groups is 1. The number of hydrogen-bond acceptors (Lipinski definition) is 2. The van der Waals surface area contributed by atoms with E-state index in [0.717, 1.165) is 48.3 Å². The molecule has 1 aliphatic carbocycles. The van der Waals surface area contributed by atoms with Gasteiger partial charge in [0.15, 0.2) is 0 Å². The summed E-state index contributed by atoms with van der Waals surface area (Å²) in [7, 11) is 0. The summed E-state index contributed by atoms with van der Waals surface area (Å²) in [5.74, 6) is -0.412. The maximum atomic E-state index is 13.0. The zero-order valence-corrected chi connectivity index (χ0v) is 16.2. The van der Waals surface area contributed by atoms with Gasteiger partial charge in [-0.05, 0) is 75.4 Å². The second-order valence-corrected chi connectivity index (χ2v) is 7.63. The molecule has 1 aromatic heterocycles. The number of nitrogens with one attached hydrogen (secondary N) is 1. The molecule has 3 nitrogen and oxygen atoms in total. The van der Waals surface area contributed by atoms with Crippen LogP contribution in [0.4, 0.5) is 10.1 Å². The Kier molecular flexibility index (Phi) is 6.17. The lowest BCUT2D eigenvalue weighted by molar-refractivity contribution is 0.126. The van der Waals surface area contributed by atoms with E-state index >= 15 is 0 Å². The highest BCUT2D eigenvalue weighted by molar-refractivity contribution is 5.58. The quantitative estimate of drug-likeness (QED) is 0.663. The molecule has 0 spiro atoms. The normalized spacial score (nSPS) is 20.5. The van der Waals surface area contributed by atoms with Gasteiger partial charge in [0.1, 0.15) is 5.83 Å². The molecule has 4 heteroatoms. The van der Waals surface area contributed by atoms with E-state index in [1.165, 1.54) is 11.6 Å². The Labute approximate surface area is 161 Å². The number of anilines is 1. The zero-order valence-electron chi connectivity index (χ0n) is 16.2. The predicted octanol–water partition coefficient (Wildman–Crippen LogP) is 5.47. The van der Waals surface area contributed by atoms with E-state index in [0.29, 0.717) is 12.5 Å². The van der Waals surface area contributed by atoms with Crippen LogP contribution in [0.25, 0.3) is 5.69 Å². The summed E-state index contributed by atoms with van der Waals surface area (Å²) in [5.41, 5.74) is 5.49. The fraction of sp³-hybridized carbons (Fsp3) is 0.391. The molecule has 0 saturated heterocycles. The second kappa shape index (κ2) is 8.57. The van der Waals surface area contributed by atoms with Gasteiger partial charge in [0.25, 0.3) is 0 Å². The molecule has 0 unspecified atom stereocenters. The molecule has 1 aromatic carbocycles. The van der Waals surface area contributed by atoms with E-state index in [-0.39, 0.29) is 6.10 Å². The van der Waals surface area contributed by atoms with Crippen molar-refractivity contribution in [1.29, 1.82) is 0 Å². The van der Waals surface area contributed by atoms with E-state index in [1.54, 1.807) is 0 Å². The number of aliphatic hydroxyl groups excluding tert-OH is 1. The highest BCUT2D eigenvalue weighted by atomic mass is 19.1. The molecule has 1 fully saturated rings. The lowest BCUT2D eigenvalue weighted by atomic mass is 9.93. The molecule has 3 rings (SSSR count). The average Bonchev–Trinajstić information content (AvgIpc) is 3.06. The maximum absolute atomic E-state index is 13.0. The standard InChI is InChI=1S/C23H29FN2O/c1-16(13-18(3)24)14-20-5-4-12-26(20)21-9-6-17(2)23(15-21)25-19-7-10-22(27)11-8-19/h4-6,9,12-13,15,19,22,25,27H,3,7-8,10-11,14H2,1-2H3/b16-13+. The summed E-state index contributed by atoms with van der Waals surface area (Å²) in [6.45, 7) is 7.34. The first-order chi connectivity index (χ1) is 12.9. The van der Waals surface area contributed by atoms with Gasteiger partial charge in [-0.2, -0.15) is 0 Å². The minimum atomic E-state index is -0.412. The van der Waals surface area contributed by atoms with Crippen molar-refractivity contribution >= 4 is 5.69 Å².